The summed E-state index contributed by atoms with van der Waals surface area (Å²) in [6, 6.07) is -0.541. The van der Waals surface area contributed by atoms with E-state index in [9.17, 15) is 9.59 Å². The maximum atomic E-state index is 11.5. The first-order valence-electron chi connectivity index (χ1n) is 7.07. The van der Waals surface area contributed by atoms with Crippen LogP contribution in [0.5, 0.6) is 0 Å². The fraction of sp³-hybridized carbons (Fsp3) is 0.857. The van der Waals surface area contributed by atoms with Crippen molar-refractivity contribution in [2.75, 3.05) is 6.61 Å². The lowest BCUT2D eigenvalue weighted by Crippen LogP contribution is -2.39. The van der Waals surface area contributed by atoms with Crippen LogP contribution >= 0.6 is 0 Å². The Hall–Kier alpha value is -1.06. The number of amides is 1. The molecular weight excluding hydrogens is 230 g/mol. The van der Waals surface area contributed by atoms with Gasteiger partial charge in [0.2, 0.25) is 5.91 Å². The van der Waals surface area contributed by atoms with Gasteiger partial charge in [0, 0.05) is 6.42 Å². The number of hydrogen-bond acceptors (Lipinski definition) is 3. The van der Waals surface area contributed by atoms with Gasteiger partial charge in [0.1, 0.15) is 6.04 Å². The molecule has 0 aliphatic carbocycles. The smallest absolute Gasteiger partial charge is 0.328 e. The maximum Gasteiger partial charge on any atom is 0.328 e. The normalized spacial score (nSPS) is 11.9. The second kappa shape index (κ2) is 11.1. The van der Waals surface area contributed by atoms with E-state index in [1.165, 1.54) is 6.42 Å². The number of ether oxygens (including phenoxy) is 1. The van der Waals surface area contributed by atoms with Gasteiger partial charge in [-0.2, -0.15) is 0 Å². The minimum Gasteiger partial charge on any atom is -0.464 e. The molecule has 1 amide bonds. The minimum atomic E-state index is -0.541. The zero-order valence-corrected chi connectivity index (χ0v) is 12.0. The van der Waals surface area contributed by atoms with Crippen LogP contribution in [0.2, 0.25) is 0 Å². The van der Waals surface area contributed by atoms with Gasteiger partial charge in [-0.15, -0.1) is 0 Å². The number of nitrogens with one attached hydrogen (secondary N) is 1. The fourth-order valence-corrected chi connectivity index (χ4v) is 1.54. The molecule has 4 nitrogen and oxygen atoms in total. The van der Waals surface area contributed by atoms with E-state index < -0.39 is 6.04 Å². The highest BCUT2D eigenvalue weighted by Crippen LogP contribution is 2.00. The van der Waals surface area contributed by atoms with Crippen LogP contribution in [-0.4, -0.2) is 24.5 Å². The summed E-state index contributed by atoms with van der Waals surface area (Å²) in [4.78, 5) is 23.0. The van der Waals surface area contributed by atoms with E-state index in [0.717, 1.165) is 32.1 Å². The minimum absolute atomic E-state index is 0.0766. The van der Waals surface area contributed by atoms with Crippen LogP contribution in [0.3, 0.4) is 0 Å². The lowest BCUT2D eigenvalue weighted by atomic mass is 10.2. The molecule has 4 heteroatoms. The van der Waals surface area contributed by atoms with Crippen LogP contribution in [0, 0.1) is 0 Å². The summed E-state index contributed by atoms with van der Waals surface area (Å²) in [5.74, 6) is -0.413. The SMILES string of the molecule is CCCCCCOC(=O)[C@H](C)NC(=O)CCCC. The molecule has 0 bridgehead atoms. The molecule has 1 atom stereocenters. The highest BCUT2D eigenvalue weighted by atomic mass is 16.5. The predicted molar refractivity (Wildman–Crippen MR) is 72.2 cm³/mol. The first-order chi connectivity index (χ1) is 8.61. The zero-order chi connectivity index (χ0) is 13.8. The van der Waals surface area contributed by atoms with E-state index in [1.54, 1.807) is 6.92 Å². The Morgan fingerprint density at radius 1 is 1.06 bits per heavy atom. The van der Waals surface area contributed by atoms with E-state index >= 15 is 0 Å². The Kier molecular flexibility index (Phi) is 10.4. The van der Waals surface area contributed by atoms with Crippen molar-refractivity contribution in [2.45, 2.75) is 71.8 Å². The van der Waals surface area contributed by atoms with E-state index in [0.29, 0.717) is 13.0 Å². The van der Waals surface area contributed by atoms with Crippen LogP contribution in [0.4, 0.5) is 0 Å². The molecule has 0 aromatic carbocycles. The van der Waals surface area contributed by atoms with Crippen molar-refractivity contribution in [3.8, 4) is 0 Å². The van der Waals surface area contributed by atoms with Gasteiger partial charge in [-0.05, 0) is 19.8 Å². The van der Waals surface area contributed by atoms with Crippen LogP contribution in [0.25, 0.3) is 0 Å². The van der Waals surface area contributed by atoms with Gasteiger partial charge >= 0.3 is 5.97 Å². The van der Waals surface area contributed by atoms with E-state index in [1.807, 2.05) is 6.92 Å². The Morgan fingerprint density at radius 2 is 1.72 bits per heavy atom. The molecule has 0 aliphatic heterocycles. The Balaban J connectivity index is 3.65. The molecule has 0 rings (SSSR count). The number of rotatable bonds is 10. The molecule has 0 heterocycles. The topological polar surface area (TPSA) is 55.4 Å². The fourth-order valence-electron chi connectivity index (χ4n) is 1.54. The monoisotopic (exact) mass is 257 g/mol. The summed E-state index contributed by atoms with van der Waals surface area (Å²) >= 11 is 0. The van der Waals surface area contributed by atoms with E-state index in [4.69, 9.17) is 4.74 Å². The second-order valence-electron chi connectivity index (χ2n) is 4.62. The van der Waals surface area contributed by atoms with Gasteiger partial charge in [0.05, 0.1) is 6.61 Å². The summed E-state index contributed by atoms with van der Waals surface area (Å²) in [6.45, 7) is 6.29. The van der Waals surface area contributed by atoms with Crippen molar-refractivity contribution in [1.29, 1.82) is 0 Å². The molecule has 0 unspecified atom stereocenters. The number of unbranched alkanes of at least 4 members (excludes halogenated alkanes) is 4. The lowest BCUT2D eigenvalue weighted by Gasteiger charge is -2.13. The summed E-state index contributed by atoms with van der Waals surface area (Å²) in [5, 5.41) is 2.65. The lowest BCUT2D eigenvalue weighted by molar-refractivity contribution is -0.147. The van der Waals surface area contributed by atoms with Gasteiger partial charge in [-0.25, -0.2) is 4.79 Å². The maximum absolute atomic E-state index is 11.5. The molecule has 106 valence electrons. The molecule has 0 saturated carbocycles. The van der Waals surface area contributed by atoms with Crippen molar-refractivity contribution in [2.24, 2.45) is 0 Å². The first-order valence-corrected chi connectivity index (χ1v) is 7.07. The number of carbonyl (C=O) groups excluding carboxylic acids is 2. The number of hydrogen-bond donors (Lipinski definition) is 1. The third kappa shape index (κ3) is 9.02. The molecule has 18 heavy (non-hydrogen) atoms. The van der Waals surface area contributed by atoms with Crippen molar-refractivity contribution < 1.29 is 14.3 Å². The van der Waals surface area contributed by atoms with Crippen LogP contribution in [0.1, 0.15) is 65.7 Å². The molecule has 0 aliphatic rings. The van der Waals surface area contributed by atoms with Gasteiger partial charge < -0.3 is 10.1 Å². The zero-order valence-electron chi connectivity index (χ0n) is 12.0. The third-order valence-corrected chi connectivity index (χ3v) is 2.73. The van der Waals surface area contributed by atoms with Crippen molar-refractivity contribution in [3.63, 3.8) is 0 Å². The highest BCUT2D eigenvalue weighted by molar-refractivity contribution is 5.84. The molecule has 0 spiro atoms. The van der Waals surface area contributed by atoms with Crippen molar-refractivity contribution in [1.82, 2.24) is 5.32 Å². The number of carbonyl (C=O) groups is 2. The standard InChI is InChI=1S/C14H27NO3/c1-4-6-8-9-11-18-14(17)12(3)15-13(16)10-7-5-2/h12H,4-11H2,1-3H3,(H,15,16)/t12-/m0/s1. The summed E-state index contributed by atoms with van der Waals surface area (Å²) in [5.41, 5.74) is 0. The molecule has 0 fully saturated rings. The van der Waals surface area contributed by atoms with Gasteiger partial charge in [0.25, 0.3) is 0 Å². The molecule has 1 N–H and O–H groups in total. The molecular formula is C14H27NO3. The summed E-state index contributed by atoms with van der Waals surface area (Å²) in [6.07, 6.45) is 6.62. The Labute approximate surface area is 110 Å². The highest BCUT2D eigenvalue weighted by Gasteiger charge is 2.16. The number of esters is 1. The molecule has 0 radical (unpaired) electrons. The van der Waals surface area contributed by atoms with Crippen molar-refractivity contribution >= 4 is 11.9 Å². The van der Waals surface area contributed by atoms with Gasteiger partial charge in [-0.1, -0.05) is 39.5 Å². The molecule has 0 aromatic rings. The van der Waals surface area contributed by atoms with Crippen LogP contribution in [0.15, 0.2) is 0 Å². The van der Waals surface area contributed by atoms with Crippen molar-refractivity contribution in [3.05, 3.63) is 0 Å². The van der Waals surface area contributed by atoms with Crippen LogP contribution in [-0.2, 0) is 14.3 Å². The van der Waals surface area contributed by atoms with E-state index in [2.05, 4.69) is 12.2 Å². The summed E-state index contributed by atoms with van der Waals surface area (Å²) in [7, 11) is 0. The molecule has 0 aromatic heterocycles. The average molecular weight is 257 g/mol. The van der Waals surface area contributed by atoms with Gasteiger partial charge in [-0.3, -0.25) is 4.79 Å². The first kappa shape index (κ1) is 16.9. The van der Waals surface area contributed by atoms with Crippen LogP contribution < -0.4 is 5.32 Å². The third-order valence-electron chi connectivity index (χ3n) is 2.73. The Morgan fingerprint density at radius 3 is 2.33 bits per heavy atom. The average Bonchev–Trinajstić information content (AvgIpc) is 2.35. The summed E-state index contributed by atoms with van der Waals surface area (Å²) < 4.78 is 5.10. The van der Waals surface area contributed by atoms with Gasteiger partial charge in [0.15, 0.2) is 0 Å². The Bertz CT molecular complexity index is 241. The largest absolute Gasteiger partial charge is 0.464 e. The second-order valence-corrected chi connectivity index (χ2v) is 4.62. The van der Waals surface area contributed by atoms with E-state index in [-0.39, 0.29) is 11.9 Å². The molecule has 0 saturated heterocycles. The predicted octanol–water partition coefficient (Wildman–Crippen LogP) is 2.80. The quantitative estimate of drug-likeness (QED) is 0.483.